The molecule has 0 radical (unpaired) electrons. The molecule has 1 saturated carbocycles. The summed E-state index contributed by atoms with van der Waals surface area (Å²) in [7, 11) is 3.81. The van der Waals surface area contributed by atoms with Crippen LogP contribution in [0.15, 0.2) is 0 Å². The van der Waals surface area contributed by atoms with Crippen molar-refractivity contribution >= 4 is 6.09 Å². The summed E-state index contributed by atoms with van der Waals surface area (Å²) in [5.74, 6) is 0.194. The number of amides is 1. The normalized spacial score (nSPS) is 35.2. The van der Waals surface area contributed by atoms with Gasteiger partial charge >= 0.3 is 6.09 Å². The average molecular weight is 454 g/mol. The van der Waals surface area contributed by atoms with Gasteiger partial charge in [-0.25, -0.2) is 9.18 Å². The van der Waals surface area contributed by atoms with Gasteiger partial charge in [-0.15, -0.1) is 0 Å². The van der Waals surface area contributed by atoms with Crippen LogP contribution in [-0.2, 0) is 9.47 Å². The molecule has 3 saturated heterocycles. The maximum Gasteiger partial charge on any atom is 0.410 e. The van der Waals surface area contributed by atoms with Crippen molar-refractivity contribution in [3.8, 4) is 0 Å². The van der Waals surface area contributed by atoms with E-state index in [1.165, 1.54) is 12.8 Å². The number of hydrogen-bond donors (Lipinski definition) is 0. The quantitative estimate of drug-likeness (QED) is 0.557. The van der Waals surface area contributed by atoms with Gasteiger partial charge in [-0.3, -0.25) is 4.90 Å². The molecule has 3 heterocycles. The number of carbonyl (C=O) groups is 1. The Morgan fingerprint density at radius 2 is 1.81 bits per heavy atom. The van der Waals surface area contributed by atoms with E-state index in [1.807, 2.05) is 0 Å². The third-order valence-electron chi connectivity index (χ3n) is 9.06. The van der Waals surface area contributed by atoms with E-state index in [2.05, 4.69) is 30.7 Å². The standard InChI is InChI=1S/C25H44FN3O3/c1-5-6-7-20-17-28(19-24(26)16-21(24)18-31-4)22(30)32-25(20)10-14-29(15-11-25)23(2)8-12-27(3)13-9-23/h20-21H,5-19H2,1-4H3/t20-,21?,24+/m0/s1. The lowest BCUT2D eigenvalue weighted by molar-refractivity contribution is -0.135. The lowest BCUT2D eigenvalue weighted by Gasteiger charge is -2.55. The van der Waals surface area contributed by atoms with E-state index >= 15 is 4.39 Å². The summed E-state index contributed by atoms with van der Waals surface area (Å²) < 4.78 is 26.5. The number of rotatable bonds is 8. The maximum atomic E-state index is 15.1. The van der Waals surface area contributed by atoms with E-state index in [4.69, 9.17) is 9.47 Å². The van der Waals surface area contributed by atoms with E-state index in [0.29, 0.717) is 19.6 Å². The fourth-order valence-electron chi connectivity index (χ4n) is 6.39. The molecule has 4 aliphatic rings. The van der Waals surface area contributed by atoms with Crippen LogP contribution in [0.1, 0.15) is 65.2 Å². The molecule has 3 atom stereocenters. The van der Waals surface area contributed by atoms with Gasteiger partial charge in [0.2, 0.25) is 0 Å². The number of carbonyl (C=O) groups excluding carboxylic acids is 1. The van der Waals surface area contributed by atoms with E-state index < -0.39 is 5.67 Å². The van der Waals surface area contributed by atoms with Crippen molar-refractivity contribution in [1.82, 2.24) is 14.7 Å². The van der Waals surface area contributed by atoms with Crippen molar-refractivity contribution in [2.24, 2.45) is 11.8 Å². The number of hydrogen-bond acceptors (Lipinski definition) is 5. The predicted octanol–water partition coefficient (Wildman–Crippen LogP) is 3.94. The van der Waals surface area contributed by atoms with Crippen LogP contribution >= 0.6 is 0 Å². The summed E-state index contributed by atoms with van der Waals surface area (Å²) >= 11 is 0. The van der Waals surface area contributed by atoms with Gasteiger partial charge in [-0.1, -0.05) is 19.8 Å². The molecule has 1 spiro atoms. The van der Waals surface area contributed by atoms with Crippen molar-refractivity contribution in [3.63, 3.8) is 0 Å². The van der Waals surface area contributed by atoms with Gasteiger partial charge in [0.1, 0.15) is 11.3 Å². The van der Waals surface area contributed by atoms with E-state index in [1.54, 1.807) is 12.0 Å². The Labute approximate surface area is 193 Å². The van der Waals surface area contributed by atoms with Gasteiger partial charge in [0.15, 0.2) is 0 Å². The highest BCUT2D eigenvalue weighted by Gasteiger charge is 2.59. The van der Waals surface area contributed by atoms with Crippen LogP contribution in [0, 0.1) is 11.8 Å². The lowest BCUT2D eigenvalue weighted by Crippen LogP contribution is -2.63. The van der Waals surface area contributed by atoms with E-state index in [0.717, 1.165) is 58.3 Å². The molecule has 1 amide bonds. The topological polar surface area (TPSA) is 45.2 Å². The molecule has 0 aromatic heterocycles. The first-order chi connectivity index (χ1) is 15.2. The molecule has 0 aromatic carbocycles. The fraction of sp³-hybridized carbons (Fsp3) is 0.960. The molecule has 6 nitrogen and oxygen atoms in total. The second kappa shape index (κ2) is 9.38. The minimum atomic E-state index is -1.30. The van der Waals surface area contributed by atoms with Crippen LogP contribution in [0.5, 0.6) is 0 Å². The highest BCUT2D eigenvalue weighted by Crippen LogP contribution is 2.49. The van der Waals surface area contributed by atoms with Crippen LogP contribution in [0.25, 0.3) is 0 Å². The maximum absolute atomic E-state index is 15.1. The Hall–Kier alpha value is -0.920. The number of likely N-dealkylation sites (tertiary alicyclic amines) is 2. The number of halogens is 1. The molecule has 3 aliphatic heterocycles. The second-order valence-corrected chi connectivity index (χ2v) is 11.3. The van der Waals surface area contributed by atoms with Gasteiger partial charge in [0, 0.05) is 57.0 Å². The molecule has 1 aliphatic carbocycles. The third-order valence-corrected chi connectivity index (χ3v) is 9.06. The zero-order valence-corrected chi connectivity index (χ0v) is 20.7. The highest BCUT2D eigenvalue weighted by atomic mass is 19.1. The van der Waals surface area contributed by atoms with Crippen LogP contribution in [0.3, 0.4) is 0 Å². The molecule has 184 valence electrons. The number of ether oxygens (including phenoxy) is 2. The smallest absolute Gasteiger partial charge is 0.410 e. The van der Waals surface area contributed by atoms with Crippen LogP contribution in [-0.4, -0.2) is 97.6 Å². The van der Waals surface area contributed by atoms with Gasteiger partial charge in [-0.2, -0.15) is 0 Å². The van der Waals surface area contributed by atoms with Gasteiger partial charge < -0.3 is 19.3 Å². The summed E-state index contributed by atoms with van der Waals surface area (Å²) in [5.41, 5.74) is -1.43. The summed E-state index contributed by atoms with van der Waals surface area (Å²) in [5, 5.41) is 0. The third kappa shape index (κ3) is 4.80. The molecule has 4 fully saturated rings. The van der Waals surface area contributed by atoms with Crippen molar-refractivity contribution < 1.29 is 18.7 Å². The summed E-state index contributed by atoms with van der Waals surface area (Å²) in [6.45, 7) is 10.1. The first-order valence-corrected chi connectivity index (χ1v) is 12.8. The SMILES string of the molecule is CCCC[C@H]1CN(C[C@]2(F)CC2COC)C(=O)OC12CCN(C1(C)CCN(C)CC1)CC2. The van der Waals surface area contributed by atoms with Crippen LogP contribution < -0.4 is 0 Å². The zero-order chi connectivity index (χ0) is 23.0. The molecule has 0 aromatic rings. The largest absolute Gasteiger partial charge is 0.442 e. The molecule has 32 heavy (non-hydrogen) atoms. The van der Waals surface area contributed by atoms with Crippen molar-refractivity contribution in [1.29, 1.82) is 0 Å². The number of methoxy groups -OCH3 is 1. The van der Waals surface area contributed by atoms with Gasteiger partial charge in [-0.05, 0) is 52.7 Å². The summed E-state index contributed by atoms with van der Waals surface area (Å²) in [6, 6.07) is 0. The van der Waals surface area contributed by atoms with Gasteiger partial charge in [0.25, 0.3) is 0 Å². The number of piperidine rings is 2. The number of alkyl halides is 1. The fourth-order valence-corrected chi connectivity index (χ4v) is 6.39. The first-order valence-electron chi connectivity index (χ1n) is 12.8. The Bertz CT molecular complexity index is 661. The van der Waals surface area contributed by atoms with E-state index in [9.17, 15) is 4.79 Å². The predicted molar refractivity (Wildman–Crippen MR) is 124 cm³/mol. The summed E-state index contributed by atoms with van der Waals surface area (Å²) in [4.78, 5) is 19.8. The van der Waals surface area contributed by atoms with Crippen molar-refractivity contribution in [3.05, 3.63) is 0 Å². The van der Waals surface area contributed by atoms with Gasteiger partial charge in [0.05, 0.1) is 13.2 Å². The molecular weight excluding hydrogens is 409 g/mol. The van der Waals surface area contributed by atoms with Crippen molar-refractivity contribution in [2.45, 2.75) is 82.0 Å². The molecular formula is C25H44FN3O3. The Morgan fingerprint density at radius 1 is 1.12 bits per heavy atom. The average Bonchev–Trinajstić information content (AvgIpc) is 3.41. The summed E-state index contributed by atoms with van der Waals surface area (Å²) in [6.07, 6.45) is 7.67. The Balaban J connectivity index is 1.40. The Kier molecular flexibility index (Phi) is 7.10. The zero-order valence-electron chi connectivity index (χ0n) is 20.7. The molecule has 0 N–H and O–H groups in total. The molecule has 0 bridgehead atoms. The molecule has 7 heteroatoms. The second-order valence-electron chi connectivity index (χ2n) is 11.3. The van der Waals surface area contributed by atoms with Crippen LogP contribution in [0.4, 0.5) is 9.18 Å². The van der Waals surface area contributed by atoms with E-state index in [-0.39, 0.29) is 35.6 Å². The minimum Gasteiger partial charge on any atom is -0.442 e. The lowest BCUT2D eigenvalue weighted by atomic mass is 9.74. The molecule has 4 rings (SSSR count). The van der Waals surface area contributed by atoms with Crippen LogP contribution in [0.2, 0.25) is 0 Å². The number of unbranched alkanes of at least 4 members (excludes halogenated alkanes) is 1. The first kappa shape index (κ1) is 24.2. The Morgan fingerprint density at radius 3 is 2.44 bits per heavy atom. The van der Waals surface area contributed by atoms with Crippen molar-refractivity contribution in [2.75, 3.05) is 60.0 Å². The molecule has 1 unspecified atom stereocenters. The monoisotopic (exact) mass is 453 g/mol. The number of nitrogens with zero attached hydrogens (tertiary/aromatic N) is 3. The minimum absolute atomic E-state index is 0.0937. The highest BCUT2D eigenvalue weighted by molar-refractivity contribution is 5.69.